The number of hydrogen-bond donors (Lipinski definition) is 4. The van der Waals surface area contributed by atoms with Crippen LogP contribution in [0, 0.1) is 10.1 Å². The summed E-state index contributed by atoms with van der Waals surface area (Å²) in [6, 6.07) is 1.55. The zero-order valence-corrected chi connectivity index (χ0v) is 15.8. The van der Waals surface area contributed by atoms with Crippen molar-refractivity contribution < 1.29 is 33.9 Å². The van der Waals surface area contributed by atoms with E-state index < -0.39 is 47.3 Å². The summed E-state index contributed by atoms with van der Waals surface area (Å²) in [5, 5.41) is 26.6. The van der Waals surface area contributed by atoms with E-state index >= 15 is 0 Å². The number of benzene rings is 1. The lowest BCUT2D eigenvalue weighted by atomic mass is 10.1. The van der Waals surface area contributed by atoms with Crippen LogP contribution in [0.2, 0.25) is 0 Å². The highest BCUT2D eigenvalue weighted by atomic mass is 16.6. The van der Waals surface area contributed by atoms with Crippen LogP contribution >= 0.6 is 0 Å². The minimum absolute atomic E-state index is 0.177. The number of urea groups is 1. The molecule has 0 radical (unpaired) electrons. The van der Waals surface area contributed by atoms with Gasteiger partial charge in [0.05, 0.1) is 18.5 Å². The number of carboxylic acids is 1. The van der Waals surface area contributed by atoms with Crippen molar-refractivity contribution in [1.29, 1.82) is 0 Å². The Labute approximate surface area is 165 Å². The van der Waals surface area contributed by atoms with Gasteiger partial charge in [0, 0.05) is 17.8 Å². The second-order valence-corrected chi connectivity index (χ2v) is 5.93. The summed E-state index contributed by atoms with van der Waals surface area (Å²) >= 11 is 0. The second-order valence-electron chi connectivity index (χ2n) is 5.93. The minimum atomic E-state index is -1.46. The number of carbonyl (C=O) groups is 4. The van der Waals surface area contributed by atoms with Crippen molar-refractivity contribution in [2.75, 3.05) is 12.4 Å². The van der Waals surface area contributed by atoms with E-state index in [0.29, 0.717) is 6.42 Å². The number of rotatable bonds is 10. The van der Waals surface area contributed by atoms with Crippen molar-refractivity contribution >= 4 is 35.3 Å². The number of carbonyl (C=O) groups excluding carboxylic acids is 3. The molecule has 158 valence electrons. The highest BCUT2D eigenvalue weighted by Gasteiger charge is 2.28. The van der Waals surface area contributed by atoms with Gasteiger partial charge < -0.3 is 25.8 Å². The number of nitro groups is 1. The zero-order chi connectivity index (χ0) is 22.0. The molecule has 0 spiro atoms. The van der Waals surface area contributed by atoms with Crippen LogP contribution in [-0.4, -0.2) is 53.1 Å². The van der Waals surface area contributed by atoms with Gasteiger partial charge in [-0.3, -0.25) is 19.7 Å². The highest BCUT2D eigenvalue weighted by Crippen LogP contribution is 2.15. The number of esters is 1. The number of nitrogens with one attached hydrogen (secondary N) is 3. The summed E-state index contributed by atoms with van der Waals surface area (Å²) < 4.78 is 4.60. The Morgan fingerprint density at radius 2 is 1.76 bits per heavy atom. The van der Waals surface area contributed by atoms with Crippen LogP contribution in [0.1, 0.15) is 26.2 Å². The monoisotopic (exact) mass is 410 g/mol. The van der Waals surface area contributed by atoms with E-state index in [1.165, 1.54) is 24.3 Å². The number of anilines is 1. The highest BCUT2D eigenvalue weighted by molar-refractivity contribution is 5.96. The number of nitro benzene ring substituents is 1. The van der Waals surface area contributed by atoms with Gasteiger partial charge in [0.2, 0.25) is 5.91 Å². The molecule has 0 saturated carbocycles. The largest absolute Gasteiger partial charge is 0.481 e. The number of nitrogens with zero attached hydrogens (tertiary/aromatic N) is 1. The van der Waals surface area contributed by atoms with Gasteiger partial charge in [0.15, 0.2) is 0 Å². The first-order chi connectivity index (χ1) is 13.7. The summed E-state index contributed by atoms with van der Waals surface area (Å²) in [7, 11) is 1.15. The lowest BCUT2D eigenvalue weighted by Gasteiger charge is -2.21. The van der Waals surface area contributed by atoms with E-state index in [1.54, 1.807) is 6.92 Å². The third-order valence-electron chi connectivity index (χ3n) is 3.72. The van der Waals surface area contributed by atoms with Crippen LogP contribution in [0.25, 0.3) is 0 Å². The third-order valence-corrected chi connectivity index (χ3v) is 3.72. The summed E-state index contributed by atoms with van der Waals surface area (Å²) in [5.41, 5.74) is 0.0184. The van der Waals surface area contributed by atoms with Gasteiger partial charge in [-0.2, -0.15) is 0 Å². The van der Waals surface area contributed by atoms with Gasteiger partial charge in [0.1, 0.15) is 12.1 Å². The topological polar surface area (TPSA) is 177 Å². The molecule has 1 aromatic rings. The average molecular weight is 410 g/mol. The molecule has 0 aliphatic heterocycles. The molecule has 0 aliphatic rings. The van der Waals surface area contributed by atoms with Gasteiger partial charge >= 0.3 is 18.0 Å². The molecule has 0 fully saturated rings. The van der Waals surface area contributed by atoms with Crippen LogP contribution < -0.4 is 16.0 Å². The normalized spacial score (nSPS) is 12.2. The number of hydrogen-bond acceptors (Lipinski definition) is 7. The first-order valence-electron chi connectivity index (χ1n) is 8.59. The predicted molar refractivity (Wildman–Crippen MR) is 100 cm³/mol. The fourth-order valence-corrected chi connectivity index (χ4v) is 2.33. The van der Waals surface area contributed by atoms with E-state index in [1.807, 2.05) is 0 Å². The van der Waals surface area contributed by atoms with Gasteiger partial charge in [-0.15, -0.1) is 0 Å². The third kappa shape index (κ3) is 7.82. The van der Waals surface area contributed by atoms with Gasteiger partial charge in [0.25, 0.3) is 5.69 Å². The maximum atomic E-state index is 12.4. The summed E-state index contributed by atoms with van der Waals surface area (Å²) in [6.45, 7) is 1.78. The van der Waals surface area contributed by atoms with E-state index in [9.17, 15) is 29.3 Å². The number of carboxylic acid groups (broad SMARTS) is 1. The van der Waals surface area contributed by atoms with Crippen molar-refractivity contribution in [2.45, 2.75) is 38.3 Å². The van der Waals surface area contributed by atoms with Crippen molar-refractivity contribution in [3.63, 3.8) is 0 Å². The molecule has 0 bridgehead atoms. The summed E-state index contributed by atoms with van der Waals surface area (Å²) in [6.07, 6.45) is 0.102. The Kier molecular flexibility index (Phi) is 9.02. The molecular formula is C17H22N4O8. The standard InChI is InChI=1S/C17H22N4O8/c1-3-4-12(16(25)29-2)19-15(24)13(9-14(22)23)20-17(26)18-10-5-7-11(8-6-10)21(27)28/h5-8,12-13H,3-4,9H2,1-2H3,(H,19,24)(H,22,23)(H2,18,20,26)/t12-,13-/m0/s1. The maximum absolute atomic E-state index is 12.4. The Balaban J connectivity index is 2.81. The number of amides is 3. The molecule has 0 aromatic heterocycles. The number of ether oxygens (including phenoxy) is 1. The van der Waals surface area contributed by atoms with Crippen LogP contribution in [0.15, 0.2) is 24.3 Å². The van der Waals surface area contributed by atoms with E-state index in [-0.39, 0.29) is 17.8 Å². The van der Waals surface area contributed by atoms with Gasteiger partial charge in [-0.1, -0.05) is 13.3 Å². The minimum Gasteiger partial charge on any atom is -0.481 e. The van der Waals surface area contributed by atoms with Crippen LogP contribution in [0.3, 0.4) is 0 Å². The number of non-ortho nitro benzene ring substituents is 1. The van der Waals surface area contributed by atoms with E-state index in [4.69, 9.17) is 5.11 Å². The van der Waals surface area contributed by atoms with Crippen LogP contribution in [0.4, 0.5) is 16.2 Å². The molecule has 12 nitrogen and oxygen atoms in total. The lowest BCUT2D eigenvalue weighted by molar-refractivity contribution is -0.384. The first-order valence-corrected chi connectivity index (χ1v) is 8.59. The predicted octanol–water partition coefficient (Wildman–Crippen LogP) is 1.02. The lowest BCUT2D eigenvalue weighted by Crippen LogP contribution is -2.53. The molecule has 0 unspecified atom stereocenters. The van der Waals surface area contributed by atoms with Gasteiger partial charge in [-0.05, 0) is 18.6 Å². The molecular weight excluding hydrogens is 388 g/mol. The maximum Gasteiger partial charge on any atom is 0.328 e. The fourth-order valence-electron chi connectivity index (χ4n) is 2.33. The molecule has 1 rings (SSSR count). The van der Waals surface area contributed by atoms with Crippen LogP contribution in [-0.2, 0) is 19.1 Å². The molecule has 0 saturated heterocycles. The Hall–Kier alpha value is -3.70. The molecule has 0 heterocycles. The Morgan fingerprint density at radius 1 is 1.14 bits per heavy atom. The molecule has 0 aliphatic carbocycles. The van der Waals surface area contributed by atoms with Gasteiger partial charge in [-0.25, -0.2) is 9.59 Å². The van der Waals surface area contributed by atoms with Crippen LogP contribution in [0.5, 0.6) is 0 Å². The molecule has 29 heavy (non-hydrogen) atoms. The number of aliphatic carboxylic acids is 1. The molecule has 4 N–H and O–H groups in total. The molecule has 1 aromatic carbocycles. The van der Waals surface area contributed by atoms with Crippen molar-refractivity contribution in [3.8, 4) is 0 Å². The second kappa shape index (κ2) is 11.2. The smallest absolute Gasteiger partial charge is 0.328 e. The van der Waals surface area contributed by atoms with Crippen molar-refractivity contribution in [1.82, 2.24) is 10.6 Å². The van der Waals surface area contributed by atoms with Crippen molar-refractivity contribution in [2.24, 2.45) is 0 Å². The quantitative estimate of drug-likeness (QED) is 0.251. The Bertz CT molecular complexity index is 765. The number of methoxy groups -OCH3 is 1. The molecule has 2 atom stereocenters. The average Bonchev–Trinajstić information content (AvgIpc) is 2.66. The Morgan fingerprint density at radius 3 is 2.24 bits per heavy atom. The van der Waals surface area contributed by atoms with Crippen molar-refractivity contribution in [3.05, 3.63) is 34.4 Å². The first kappa shape index (κ1) is 23.3. The van der Waals surface area contributed by atoms with E-state index in [2.05, 4.69) is 20.7 Å². The van der Waals surface area contributed by atoms with E-state index in [0.717, 1.165) is 7.11 Å². The molecule has 3 amide bonds. The molecule has 12 heteroatoms. The summed E-state index contributed by atoms with van der Waals surface area (Å²) in [5.74, 6) is -2.90. The zero-order valence-electron chi connectivity index (χ0n) is 15.8. The fraction of sp³-hybridized carbons (Fsp3) is 0.412. The summed E-state index contributed by atoms with van der Waals surface area (Å²) in [4.78, 5) is 57.3. The SMILES string of the molecule is CCC[C@H](NC(=O)[C@H](CC(=O)O)NC(=O)Nc1ccc([N+](=O)[O-])cc1)C(=O)OC.